The fourth-order valence-electron chi connectivity index (χ4n) is 15.8. The van der Waals surface area contributed by atoms with Gasteiger partial charge in [0.25, 0.3) is 0 Å². The highest BCUT2D eigenvalue weighted by atomic mass is 35.5. The lowest BCUT2D eigenvalue weighted by atomic mass is 9.81. The van der Waals surface area contributed by atoms with Gasteiger partial charge < -0.3 is 64.8 Å². The molecule has 570 valence electrons. The maximum absolute atomic E-state index is 15.9. The number of morpholine rings is 1. The molecule has 25 nitrogen and oxygen atoms in total. The third kappa shape index (κ3) is 20.7. The summed E-state index contributed by atoms with van der Waals surface area (Å²) < 4.78 is 47.3. The molecule has 6 aliphatic rings. The van der Waals surface area contributed by atoms with Crippen molar-refractivity contribution in [3.63, 3.8) is 0 Å². The maximum Gasteiger partial charge on any atom is 0.417 e. The Morgan fingerprint density at radius 2 is 1.27 bits per heavy atom. The van der Waals surface area contributed by atoms with E-state index in [-0.39, 0.29) is 96.2 Å². The number of fused-ring (bicyclic) bond motifs is 1. The second-order valence-corrected chi connectivity index (χ2v) is 30.3. The van der Waals surface area contributed by atoms with Gasteiger partial charge in [-0.2, -0.15) is 13.2 Å². The predicted molar refractivity (Wildman–Crippen MR) is 375 cm³/mol. The number of carbonyl (C=O) groups is 12. The molecule has 8 atom stereocenters. The first-order valence-corrected chi connectivity index (χ1v) is 37.4. The van der Waals surface area contributed by atoms with E-state index in [9.17, 15) is 37.1 Å². The number of alkyl halides is 3. The molecule has 3 heterocycles. The average Bonchev–Trinajstić information content (AvgIpc) is 1.45. The Bertz CT molecular complexity index is 3160. The monoisotopic (exact) mass is 1460 g/mol. The van der Waals surface area contributed by atoms with Gasteiger partial charge in [0.05, 0.1) is 49.9 Å². The number of benzene rings is 1. The van der Waals surface area contributed by atoms with Gasteiger partial charge in [-0.1, -0.05) is 116 Å². The van der Waals surface area contributed by atoms with Crippen LogP contribution in [0.4, 0.5) is 13.2 Å². The molecule has 6 fully saturated rings. The second kappa shape index (κ2) is 37.0. The highest BCUT2D eigenvalue weighted by molar-refractivity contribution is 6.31. The first kappa shape index (κ1) is 82.2. The van der Waals surface area contributed by atoms with Gasteiger partial charge in [0.1, 0.15) is 47.8 Å². The molecule has 1 aromatic rings. The van der Waals surface area contributed by atoms with Crippen molar-refractivity contribution in [1.29, 1.82) is 0 Å². The van der Waals surface area contributed by atoms with Crippen LogP contribution in [0.5, 0.6) is 0 Å². The van der Waals surface area contributed by atoms with E-state index < -0.39 is 173 Å². The molecule has 29 heteroatoms. The summed E-state index contributed by atoms with van der Waals surface area (Å²) in [6.45, 7) is 8.06. The van der Waals surface area contributed by atoms with Crippen LogP contribution in [0.15, 0.2) is 18.2 Å². The Labute approximate surface area is 604 Å². The minimum atomic E-state index is -4.76. The summed E-state index contributed by atoms with van der Waals surface area (Å²) in [6.07, 6.45) is 4.68. The van der Waals surface area contributed by atoms with E-state index in [1.807, 2.05) is 20.8 Å². The topological polar surface area (TPSA) is 279 Å². The Morgan fingerprint density at radius 3 is 1.87 bits per heavy atom. The van der Waals surface area contributed by atoms with Crippen molar-refractivity contribution >= 4 is 82.5 Å². The summed E-state index contributed by atoms with van der Waals surface area (Å²) in [7, 11) is 8.54. The maximum atomic E-state index is 15.9. The summed E-state index contributed by atoms with van der Waals surface area (Å²) in [5, 5.41) is 8.21. The summed E-state index contributed by atoms with van der Waals surface area (Å²) in [4.78, 5) is 192. The Hall–Kier alpha value is -7.10. The number of hydrogen-bond donors (Lipinski definition) is 3. The fraction of sp³-hybridized carbons (Fsp3) is 0.753. The van der Waals surface area contributed by atoms with Crippen molar-refractivity contribution in [2.45, 2.75) is 230 Å². The lowest BCUT2D eigenvalue weighted by Crippen LogP contribution is -2.65. The van der Waals surface area contributed by atoms with Gasteiger partial charge in [-0.05, 0) is 112 Å². The molecular formula is C73H112ClF3N12O13. The van der Waals surface area contributed by atoms with E-state index in [2.05, 4.69) is 16.0 Å². The smallest absolute Gasteiger partial charge is 0.378 e. The Kier molecular flexibility index (Phi) is 29.9. The van der Waals surface area contributed by atoms with Crippen LogP contribution in [-0.2, 0) is 74.9 Å². The highest BCUT2D eigenvalue weighted by Gasteiger charge is 2.52. The quantitative estimate of drug-likeness (QED) is 0.228. The fourth-order valence-corrected chi connectivity index (χ4v) is 16.1. The molecule has 1 spiro atoms. The highest BCUT2D eigenvalue weighted by Crippen LogP contribution is 2.39. The molecule has 12 amide bonds. The van der Waals surface area contributed by atoms with Crippen LogP contribution in [0.25, 0.3) is 0 Å². The van der Waals surface area contributed by atoms with Gasteiger partial charge in [-0.15, -0.1) is 0 Å². The van der Waals surface area contributed by atoms with Crippen molar-refractivity contribution in [3.8, 4) is 0 Å². The van der Waals surface area contributed by atoms with E-state index in [1.165, 1.54) is 77.8 Å². The van der Waals surface area contributed by atoms with E-state index >= 15 is 33.6 Å². The van der Waals surface area contributed by atoms with Crippen molar-refractivity contribution in [1.82, 2.24) is 60.0 Å². The molecule has 3 N–H and O–H groups in total. The van der Waals surface area contributed by atoms with E-state index in [4.69, 9.17) is 16.3 Å². The number of hydrogen-bond acceptors (Lipinski definition) is 13. The number of rotatable bonds is 12. The number of carbonyl (C=O) groups excluding carboxylic acids is 12. The van der Waals surface area contributed by atoms with Crippen LogP contribution in [0, 0.1) is 23.7 Å². The third-order valence-corrected chi connectivity index (χ3v) is 22.5. The van der Waals surface area contributed by atoms with Crippen molar-refractivity contribution in [3.05, 3.63) is 34.3 Å². The molecule has 0 bridgehead atoms. The molecule has 1 unspecified atom stereocenters. The molecule has 3 saturated heterocycles. The molecule has 0 aromatic heterocycles. The number of amides is 12. The number of likely N-dealkylation sites (N-methyl/N-ethyl adjacent to an activating group) is 7. The molecule has 3 aliphatic carbocycles. The lowest BCUT2D eigenvalue weighted by molar-refractivity contribution is -0.158. The van der Waals surface area contributed by atoms with E-state index in [0.29, 0.717) is 44.1 Å². The number of nitrogens with one attached hydrogen (secondary N) is 3. The van der Waals surface area contributed by atoms with Crippen molar-refractivity contribution < 1.29 is 75.4 Å². The third-order valence-electron chi connectivity index (χ3n) is 22.2. The van der Waals surface area contributed by atoms with Gasteiger partial charge >= 0.3 is 6.18 Å². The molecule has 102 heavy (non-hydrogen) atoms. The van der Waals surface area contributed by atoms with Crippen LogP contribution in [0.1, 0.15) is 181 Å². The SMILES string of the molecule is CC[C@H](C)[C@@H]1NC(=O)[C@H](CC(C)C)N(CC)C(=O)C[C@@H](C(=O)N2CCOCC2)N(C)C(=O)[C@H](C2CCCCC2)N(C)C(=O)C2(CCCC2)NC(=O)C2CCCN2C(=O)[C@H](CCc2ccc(C(F)(F)F)c(Cl)c2)NC(=O)CN(C)C(=O)[C@H](CC2CCCCC2)N(C)C(=O)CN(C)C(=O)CN(C)C1=O. The van der Waals surface area contributed by atoms with Gasteiger partial charge in [-0.25, -0.2) is 0 Å². The van der Waals surface area contributed by atoms with Crippen LogP contribution < -0.4 is 16.0 Å². The molecule has 3 saturated carbocycles. The zero-order chi connectivity index (χ0) is 75.1. The van der Waals surface area contributed by atoms with E-state index in [1.54, 1.807) is 13.8 Å². The summed E-state index contributed by atoms with van der Waals surface area (Å²) in [5.74, 6) is -8.87. The first-order valence-electron chi connectivity index (χ1n) is 37.0. The Morgan fingerprint density at radius 1 is 0.657 bits per heavy atom. The molecule has 0 radical (unpaired) electrons. The zero-order valence-corrected chi connectivity index (χ0v) is 62.6. The summed E-state index contributed by atoms with van der Waals surface area (Å²) in [5.41, 5.74) is -2.36. The Balaban J connectivity index is 1.30. The first-order chi connectivity index (χ1) is 48.2. The minimum Gasteiger partial charge on any atom is -0.378 e. The standard InChI is InChI=1S/C73H112ClF3N12O13/c1-12-47(5)62-69(99)83(8)44-60(92)81(6)45-61(93)84(9)56(41-48-23-16-14-17-24-48)67(97)82(7)43-58(90)78-53(31-29-49-28-30-51(52(74)40-49)73(75,76)77)66(96)89-34-22-27-54(89)65(95)80-72(32-20-21-33-72)71(101)86(11)63(50-25-18-15-19-26-50)70(100)85(10)57(68(98)87-35-37-102-38-36-87)42-59(91)88(13-2)55(39-46(3)4)64(94)79-62/h28,30,40,46-48,50,53-57,62-63H,12-27,29,31-39,41-45H2,1-11H3,(H,78,90)(H,79,94)(H,80,95)/t47-,53-,54?,55-,56-,57-,62-,63-/m0/s1. The number of halogens is 4. The van der Waals surface area contributed by atoms with E-state index in [0.717, 1.165) is 78.2 Å². The normalized spacial score (nSPS) is 26.6. The van der Waals surface area contributed by atoms with Crippen molar-refractivity contribution in [2.75, 3.05) is 101 Å². The van der Waals surface area contributed by atoms with Crippen LogP contribution in [0.3, 0.4) is 0 Å². The van der Waals surface area contributed by atoms with Crippen LogP contribution in [0.2, 0.25) is 5.02 Å². The van der Waals surface area contributed by atoms with Gasteiger partial charge in [0.2, 0.25) is 70.9 Å². The van der Waals surface area contributed by atoms with Crippen molar-refractivity contribution in [2.24, 2.45) is 23.7 Å². The summed E-state index contributed by atoms with van der Waals surface area (Å²) >= 11 is 6.17. The molecular weight excluding hydrogens is 1350 g/mol. The van der Waals surface area contributed by atoms with Gasteiger partial charge in [-0.3, -0.25) is 57.5 Å². The predicted octanol–water partition coefficient (Wildman–Crippen LogP) is 5.66. The van der Waals surface area contributed by atoms with Gasteiger partial charge in [0, 0.05) is 68.5 Å². The molecule has 3 aliphatic heterocycles. The molecule has 7 rings (SSSR count). The van der Waals surface area contributed by atoms with Crippen LogP contribution in [-0.4, -0.2) is 264 Å². The van der Waals surface area contributed by atoms with Crippen LogP contribution >= 0.6 is 11.6 Å². The largest absolute Gasteiger partial charge is 0.417 e. The second-order valence-electron chi connectivity index (χ2n) is 29.9. The number of nitrogens with zero attached hydrogens (tertiary/aromatic N) is 9. The molecule has 1 aromatic carbocycles. The lowest BCUT2D eigenvalue weighted by Gasteiger charge is -2.43. The number of ether oxygens (including phenoxy) is 1. The van der Waals surface area contributed by atoms with Gasteiger partial charge in [0.15, 0.2) is 0 Å². The minimum absolute atomic E-state index is 0.0161. The zero-order valence-electron chi connectivity index (χ0n) is 61.8. The average molecular weight is 1460 g/mol. The number of aryl methyl sites for hydroxylation is 1. The summed E-state index contributed by atoms with van der Waals surface area (Å²) in [6, 6.07) is -5.64.